The summed E-state index contributed by atoms with van der Waals surface area (Å²) in [7, 11) is -1.42. The Labute approximate surface area is 217 Å². The second-order valence-corrected chi connectivity index (χ2v) is 11.5. The lowest BCUT2D eigenvalue weighted by molar-refractivity contribution is -0.139. The van der Waals surface area contributed by atoms with Crippen molar-refractivity contribution in [3.8, 4) is 0 Å². The number of amides is 2. The standard InChI is InChI=1S/C25H32ClFN4O4S/c1-18(25(33)28-21-9-5-6-10-21)30(16-19-8-4-7-11-23(19)26)24(32)17-31(36(34,35)29(2)3)22-14-12-20(27)13-15-22/h4,7-8,11-15,18,21H,5-6,9-10,16-17H2,1-3H3,(H,28,33)/t18-/m0/s1. The van der Waals surface area contributed by atoms with Crippen molar-refractivity contribution in [1.82, 2.24) is 14.5 Å². The van der Waals surface area contributed by atoms with Gasteiger partial charge in [0.15, 0.2) is 0 Å². The fraction of sp³-hybridized carbons (Fsp3) is 0.440. The lowest BCUT2D eigenvalue weighted by Gasteiger charge is -2.33. The second kappa shape index (κ2) is 12.0. The van der Waals surface area contributed by atoms with E-state index in [-0.39, 0.29) is 24.2 Å². The van der Waals surface area contributed by atoms with Crippen LogP contribution >= 0.6 is 11.6 Å². The van der Waals surface area contributed by atoms with Gasteiger partial charge in [-0.15, -0.1) is 0 Å². The predicted molar refractivity (Wildman–Crippen MR) is 138 cm³/mol. The monoisotopic (exact) mass is 538 g/mol. The highest BCUT2D eigenvalue weighted by molar-refractivity contribution is 7.90. The van der Waals surface area contributed by atoms with E-state index in [1.807, 2.05) is 0 Å². The number of rotatable bonds is 10. The van der Waals surface area contributed by atoms with Crippen LogP contribution < -0.4 is 9.62 Å². The van der Waals surface area contributed by atoms with Crippen LogP contribution in [0.2, 0.25) is 5.02 Å². The fourth-order valence-electron chi connectivity index (χ4n) is 4.11. The van der Waals surface area contributed by atoms with Gasteiger partial charge in [-0.1, -0.05) is 42.6 Å². The molecule has 1 N–H and O–H groups in total. The summed E-state index contributed by atoms with van der Waals surface area (Å²) in [6, 6.07) is 11.0. The Hall–Kier alpha value is -2.69. The normalized spacial score (nSPS) is 15.1. The Balaban J connectivity index is 1.93. The van der Waals surface area contributed by atoms with Crippen LogP contribution in [0.25, 0.3) is 0 Å². The van der Waals surface area contributed by atoms with Gasteiger partial charge in [-0.3, -0.25) is 9.59 Å². The van der Waals surface area contributed by atoms with Gasteiger partial charge in [0.25, 0.3) is 0 Å². The lowest BCUT2D eigenvalue weighted by atomic mass is 10.1. The van der Waals surface area contributed by atoms with Gasteiger partial charge in [-0.25, -0.2) is 8.70 Å². The largest absolute Gasteiger partial charge is 0.352 e. The smallest absolute Gasteiger partial charge is 0.304 e. The minimum Gasteiger partial charge on any atom is -0.352 e. The van der Waals surface area contributed by atoms with Crippen LogP contribution in [0.5, 0.6) is 0 Å². The highest BCUT2D eigenvalue weighted by Crippen LogP contribution is 2.23. The topological polar surface area (TPSA) is 90.0 Å². The van der Waals surface area contributed by atoms with Crippen molar-refractivity contribution >= 4 is 39.3 Å². The molecule has 11 heteroatoms. The fourth-order valence-corrected chi connectivity index (χ4v) is 5.36. The minimum absolute atomic E-state index is 0.0109. The quantitative estimate of drug-likeness (QED) is 0.501. The summed E-state index contributed by atoms with van der Waals surface area (Å²) in [6.45, 7) is 1.04. The number of nitrogens with one attached hydrogen (secondary N) is 1. The van der Waals surface area contributed by atoms with E-state index < -0.39 is 34.5 Å². The number of benzene rings is 2. The maximum Gasteiger partial charge on any atom is 0.304 e. The summed E-state index contributed by atoms with van der Waals surface area (Å²) in [5, 5.41) is 3.43. The number of hydrogen-bond donors (Lipinski definition) is 1. The highest BCUT2D eigenvalue weighted by Gasteiger charge is 2.33. The molecule has 1 fully saturated rings. The summed E-state index contributed by atoms with van der Waals surface area (Å²) in [5.41, 5.74) is 0.746. The van der Waals surface area contributed by atoms with Crippen molar-refractivity contribution in [2.24, 2.45) is 0 Å². The summed E-state index contributed by atoms with van der Waals surface area (Å²) in [5.74, 6) is -1.45. The third-order valence-electron chi connectivity index (χ3n) is 6.30. The number of hydrogen-bond acceptors (Lipinski definition) is 4. The first-order chi connectivity index (χ1) is 17.0. The molecule has 2 aromatic carbocycles. The van der Waals surface area contributed by atoms with Gasteiger partial charge in [0.05, 0.1) is 5.69 Å². The second-order valence-electron chi connectivity index (χ2n) is 9.05. The molecule has 2 amide bonds. The molecule has 0 aliphatic heterocycles. The maximum absolute atomic E-state index is 13.7. The molecule has 0 aromatic heterocycles. The Kier molecular flexibility index (Phi) is 9.32. The summed E-state index contributed by atoms with van der Waals surface area (Å²) in [6.07, 6.45) is 3.85. The SMILES string of the molecule is C[C@@H](C(=O)NC1CCCC1)N(Cc1ccccc1Cl)C(=O)CN(c1ccc(F)cc1)S(=O)(=O)N(C)C. The molecule has 2 aromatic rings. The third kappa shape index (κ3) is 6.74. The molecule has 0 heterocycles. The Morgan fingerprint density at radius 1 is 1.08 bits per heavy atom. The highest BCUT2D eigenvalue weighted by atomic mass is 35.5. The van der Waals surface area contributed by atoms with E-state index >= 15 is 0 Å². The van der Waals surface area contributed by atoms with Gasteiger partial charge in [-0.2, -0.15) is 12.7 Å². The zero-order valence-electron chi connectivity index (χ0n) is 20.7. The molecule has 196 valence electrons. The van der Waals surface area contributed by atoms with Crippen molar-refractivity contribution in [1.29, 1.82) is 0 Å². The van der Waals surface area contributed by atoms with E-state index in [4.69, 9.17) is 11.6 Å². The molecule has 0 spiro atoms. The number of carbonyl (C=O) groups is 2. The zero-order valence-corrected chi connectivity index (χ0v) is 22.2. The van der Waals surface area contributed by atoms with Gasteiger partial charge in [-0.05, 0) is 55.7 Å². The maximum atomic E-state index is 13.7. The lowest BCUT2D eigenvalue weighted by Crippen LogP contribution is -2.53. The number of anilines is 1. The van der Waals surface area contributed by atoms with Gasteiger partial charge in [0.2, 0.25) is 11.8 Å². The van der Waals surface area contributed by atoms with E-state index in [1.165, 1.54) is 31.1 Å². The van der Waals surface area contributed by atoms with Crippen molar-refractivity contribution in [3.05, 3.63) is 64.9 Å². The summed E-state index contributed by atoms with van der Waals surface area (Å²) >= 11 is 6.34. The van der Waals surface area contributed by atoms with Gasteiger partial charge < -0.3 is 10.2 Å². The Morgan fingerprint density at radius 2 is 1.69 bits per heavy atom. The van der Waals surface area contributed by atoms with E-state index in [9.17, 15) is 22.4 Å². The first-order valence-corrected chi connectivity index (χ1v) is 13.6. The molecule has 0 radical (unpaired) electrons. The van der Waals surface area contributed by atoms with E-state index in [0.29, 0.717) is 10.6 Å². The molecule has 8 nitrogen and oxygen atoms in total. The molecule has 1 aliphatic rings. The molecule has 1 saturated carbocycles. The first-order valence-electron chi connectivity index (χ1n) is 11.8. The minimum atomic E-state index is -4.11. The molecular weight excluding hydrogens is 507 g/mol. The van der Waals surface area contributed by atoms with Crippen molar-refractivity contribution in [2.45, 2.75) is 51.2 Å². The van der Waals surface area contributed by atoms with Crippen LogP contribution in [0.4, 0.5) is 10.1 Å². The first kappa shape index (κ1) is 27.9. The van der Waals surface area contributed by atoms with E-state index in [0.717, 1.165) is 46.4 Å². The molecular formula is C25H32ClFN4O4S. The number of halogens is 2. The molecule has 1 aliphatic carbocycles. The van der Waals surface area contributed by atoms with Crippen molar-refractivity contribution in [3.63, 3.8) is 0 Å². The van der Waals surface area contributed by atoms with Crippen LogP contribution in [0.1, 0.15) is 38.2 Å². The molecule has 0 saturated heterocycles. The van der Waals surface area contributed by atoms with Crippen molar-refractivity contribution < 1.29 is 22.4 Å². The Morgan fingerprint density at radius 3 is 2.28 bits per heavy atom. The van der Waals surface area contributed by atoms with Crippen LogP contribution in [0, 0.1) is 5.82 Å². The number of nitrogens with zero attached hydrogens (tertiary/aromatic N) is 3. The van der Waals surface area contributed by atoms with E-state index in [2.05, 4.69) is 5.32 Å². The van der Waals surface area contributed by atoms with Gasteiger partial charge in [0.1, 0.15) is 18.4 Å². The zero-order chi connectivity index (χ0) is 26.5. The van der Waals surface area contributed by atoms with Gasteiger partial charge in [0, 0.05) is 31.7 Å². The average Bonchev–Trinajstić information content (AvgIpc) is 3.35. The molecule has 3 rings (SSSR count). The van der Waals surface area contributed by atoms with Crippen LogP contribution in [-0.2, 0) is 26.3 Å². The van der Waals surface area contributed by atoms with E-state index in [1.54, 1.807) is 31.2 Å². The molecule has 0 bridgehead atoms. The molecule has 36 heavy (non-hydrogen) atoms. The summed E-state index contributed by atoms with van der Waals surface area (Å²) < 4.78 is 41.6. The Bertz CT molecular complexity index is 1170. The van der Waals surface area contributed by atoms with Crippen molar-refractivity contribution in [2.75, 3.05) is 24.9 Å². The average molecular weight is 539 g/mol. The van der Waals surface area contributed by atoms with Crippen LogP contribution in [-0.4, -0.2) is 62.2 Å². The predicted octanol–water partition coefficient (Wildman–Crippen LogP) is 3.57. The molecule has 1 atom stereocenters. The molecule has 0 unspecified atom stereocenters. The van der Waals surface area contributed by atoms with Gasteiger partial charge >= 0.3 is 10.2 Å². The van der Waals surface area contributed by atoms with Crippen LogP contribution in [0.15, 0.2) is 48.5 Å². The number of carbonyl (C=O) groups excluding carboxylic acids is 2. The summed E-state index contributed by atoms with van der Waals surface area (Å²) in [4.78, 5) is 28.1. The van der Waals surface area contributed by atoms with Crippen LogP contribution in [0.3, 0.4) is 0 Å². The third-order valence-corrected chi connectivity index (χ3v) is 8.49.